The molecule has 1 amide bonds. The number of ether oxygens (including phenoxy) is 3. The number of para-hydroxylation sites is 2. The van der Waals surface area contributed by atoms with Crippen LogP contribution in [0, 0.1) is 0 Å². The van der Waals surface area contributed by atoms with Crippen molar-refractivity contribution < 1.29 is 27.8 Å². The lowest BCUT2D eigenvalue weighted by Crippen LogP contribution is -2.43. The molecule has 1 aliphatic rings. The number of hydrogen-bond donors (Lipinski definition) is 0. The largest absolute Gasteiger partial charge is 0.486 e. The van der Waals surface area contributed by atoms with Crippen molar-refractivity contribution in [2.24, 2.45) is 0 Å². The Morgan fingerprint density at radius 2 is 1.93 bits per heavy atom. The van der Waals surface area contributed by atoms with Crippen LogP contribution in [0.5, 0.6) is 17.2 Å². The maximum absolute atomic E-state index is 12.5. The number of carbonyl (C=O) groups is 1. The van der Waals surface area contributed by atoms with Gasteiger partial charge in [-0.15, -0.1) is 0 Å². The van der Waals surface area contributed by atoms with E-state index in [4.69, 9.17) is 9.47 Å². The van der Waals surface area contributed by atoms with Gasteiger partial charge < -0.3 is 19.1 Å². The number of fused-ring (bicyclic) bond motifs is 1. The molecule has 2 aromatic rings. The molecule has 1 aliphatic heterocycles. The van der Waals surface area contributed by atoms with E-state index >= 15 is 0 Å². The third-order valence-electron chi connectivity index (χ3n) is 4.21. The summed E-state index contributed by atoms with van der Waals surface area (Å²) in [6.45, 7) is 0.316. The average molecular weight is 389 g/mol. The first-order chi connectivity index (χ1) is 13.5. The van der Waals surface area contributed by atoms with Gasteiger partial charge in [-0.3, -0.25) is 4.79 Å². The van der Waals surface area contributed by atoms with Gasteiger partial charge in [0.25, 0.3) is 0 Å². The topological polar surface area (TPSA) is 48.0 Å². The van der Waals surface area contributed by atoms with Gasteiger partial charge in [0.15, 0.2) is 17.6 Å². The van der Waals surface area contributed by atoms with Crippen molar-refractivity contribution >= 4 is 12.0 Å². The smallest absolute Gasteiger partial charge is 0.387 e. The number of nitrogens with zero attached hydrogens (tertiary/aromatic N) is 1. The van der Waals surface area contributed by atoms with Gasteiger partial charge in [-0.25, -0.2) is 0 Å². The Balaban J connectivity index is 1.57. The van der Waals surface area contributed by atoms with E-state index in [9.17, 15) is 13.6 Å². The fraction of sp³-hybridized carbons (Fsp3) is 0.286. The molecular weight excluding hydrogens is 368 g/mol. The molecule has 1 unspecified atom stereocenters. The molecular formula is C21H21F2NO4. The van der Waals surface area contributed by atoms with Crippen LogP contribution >= 0.6 is 0 Å². The first-order valence-electron chi connectivity index (χ1n) is 8.95. The lowest BCUT2D eigenvalue weighted by atomic mass is 10.2. The minimum Gasteiger partial charge on any atom is -0.486 e. The minimum atomic E-state index is -2.86. The van der Waals surface area contributed by atoms with Gasteiger partial charge in [0.2, 0.25) is 5.91 Å². The van der Waals surface area contributed by atoms with Crippen LogP contribution in [-0.2, 0) is 4.79 Å². The third-order valence-corrected chi connectivity index (χ3v) is 4.21. The summed E-state index contributed by atoms with van der Waals surface area (Å²) < 4.78 is 40.2. The number of rotatable bonds is 7. The molecule has 0 fully saturated rings. The van der Waals surface area contributed by atoms with Crippen LogP contribution < -0.4 is 14.2 Å². The predicted octanol–water partition coefficient (Wildman–Crippen LogP) is 3.99. The normalized spacial score (nSPS) is 15.6. The van der Waals surface area contributed by atoms with E-state index in [1.807, 2.05) is 31.2 Å². The highest BCUT2D eigenvalue weighted by atomic mass is 19.3. The van der Waals surface area contributed by atoms with Gasteiger partial charge in [-0.2, -0.15) is 8.78 Å². The van der Waals surface area contributed by atoms with Gasteiger partial charge in [0.05, 0.1) is 6.54 Å². The molecule has 2 aromatic carbocycles. The van der Waals surface area contributed by atoms with Crippen LogP contribution in [0.25, 0.3) is 6.08 Å². The Morgan fingerprint density at radius 1 is 1.21 bits per heavy atom. The van der Waals surface area contributed by atoms with Crippen molar-refractivity contribution in [2.75, 3.05) is 19.7 Å². The summed E-state index contributed by atoms with van der Waals surface area (Å²) >= 11 is 0. The second kappa shape index (κ2) is 9.21. The molecule has 0 radical (unpaired) electrons. The van der Waals surface area contributed by atoms with Crippen molar-refractivity contribution in [2.45, 2.75) is 19.6 Å². The van der Waals surface area contributed by atoms with E-state index in [-0.39, 0.29) is 17.8 Å². The molecule has 7 heteroatoms. The number of hydrogen-bond acceptors (Lipinski definition) is 4. The van der Waals surface area contributed by atoms with E-state index in [1.54, 1.807) is 23.1 Å². The number of likely N-dealkylation sites (N-methyl/N-ethyl adjacent to an activating group) is 1. The summed E-state index contributed by atoms with van der Waals surface area (Å²) in [5, 5.41) is 0. The summed E-state index contributed by atoms with van der Waals surface area (Å²) in [5.41, 5.74) is 0.706. The maximum atomic E-state index is 12.5. The summed E-state index contributed by atoms with van der Waals surface area (Å²) in [5.74, 6) is 1.28. The van der Waals surface area contributed by atoms with E-state index in [0.29, 0.717) is 36.8 Å². The zero-order valence-electron chi connectivity index (χ0n) is 15.4. The minimum absolute atomic E-state index is 0.0726. The Morgan fingerprint density at radius 3 is 2.61 bits per heavy atom. The van der Waals surface area contributed by atoms with Crippen molar-refractivity contribution in [3.05, 3.63) is 60.2 Å². The monoisotopic (exact) mass is 389 g/mol. The van der Waals surface area contributed by atoms with Gasteiger partial charge in [0.1, 0.15) is 12.4 Å². The van der Waals surface area contributed by atoms with Crippen LogP contribution in [0.4, 0.5) is 8.78 Å². The molecule has 0 saturated carbocycles. The van der Waals surface area contributed by atoms with Crippen LogP contribution in [-0.4, -0.2) is 43.2 Å². The Hall–Kier alpha value is -3.09. The van der Waals surface area contributed by atoms with Crippen LogP contribution in [0.1, 0.15) is 12.5 Å². The molecule has 3 rings (SSSR count). The van der Waals surface area contributed by atoms with Crippen molar-refractivity contribution in [1.82, 2.24) is 4.90 Å². The quantitative estimate of drug-likeness (QED) is 0.672. The number of benzene rings is 2. The van der Waals surface area contributed by atoms with Crippen molar-refractivity contribution in [3.8, 4) is 17.2 Å². The lowest BCUT2D eigenvalue weighted by molar-refractivity contribution is -0.127. The number of amides is 1. The van der Waals surface area contributed by atoms with Gasteiger partial charge in [-0.05, 0) is 42.8 Å². The lowest BCUT2D eigenvalue weighted by Gasteiger charge is -2.30. The molecule has 28 heavy (non-hydrogen) atoms. The summed E-state index contributed by atoms with van der Waals surface area (Å²) in [7, 11) is 0. The number of halogens is 2. The molecule has 1 atom stereocenters. The fourth-order valence-electron chi connectivity index (χ4n) is 2.81. The van der Waals surface area contributed by atoms with Gasteiger partial charge in [-0.1, -0.05) is 24.3 Å². The van der Waals surface area contributed by atoms with Crippen molar-refractivity contribution in [1.29, 1.82) is 0 Å². The molecule has 0 N–H and O–H groups in total. The van der Waals surface area contributed by atoms with Gasteiger partial charge >= 0.3 is 6.61 Å². The summed E-state index contributed by atoms with van der Waals surface area (Å²) in [4.78, 5) is 14.2. The van der Waals surface area contributed by atoms with E-state index < -0.39 is 6.61 Å². The highest BCUT2D eigenvalue weighted by molar-refractivity contribution is 5.91. The first kappa shape index (κ1) is 19.7. The highest BCUT2D eigenvalue weighted by Gasteiger charge is 2.24. The standard InChI is InChI=1S/C21H21F2NO4/c1-2-24(13-17-14-26-18-5-3-4-6-19(18)27-17)20(25)12-9-15-7-10-16(11-8-15)28-21(22)23/h3-12,17,21H,2,13-14H2,1H3/b12-9+. The Bertz CT molecular complexity index is 823. The van der Waals surface area contributed by atoms with E-state index in [0.717, 1.165) is 0 Å². The van der Waals surface area contributed by atoms with E-state index in [2.05, 4.69) is 4.74 Å². The molecule has 0 spiro atoms. The first-order valence-corrected chi connectivity index (χ1v) is 8.95. The third kappa shape index (κ3) is 5.22. The van der Waals surface area contributed by atoms with Crippen LogP contribution in [0.2, 0.25) is 0 Å². The molecule has 1 heterocycles. The van der Waals surface area contributed by atoms with Crippen LogP contribution in [0.3, 0.4) is 0 Å². The summed E-state index contributed by atoms with van der Waals surface area (Å²) in [6.07, 6.45) is 2.83. The average Bonchev–Trinajstić information content (AvgIpc) is 2.70. The maximum Gasteiger partial charge on any atom is 0.387 e. The zero-order chi connectivity index (χ0) is 19.9. The Labute approximate surface area is 162 Å². The SMILES string of the molecule is CCN(CC1COc2ccccc2O1)C(=O)/C=C/c1ccc(OC(F)F)cc1. The Kier molecular flexibility index (Phi) is 6.47. The fourth-order valence-corrected chi connectivity index (χ4v) is 2.81. The molecule has 5 nitrogen and oxygen atoms in total. The number of alkyl halides is 2. The molecule has 0 aromatic heterocycles. The highest BCUT2D eigenvalue weighted by Crippen LogP contribution is 2.31. The van der Waals surface area contributed by atoms with Crippen molar-refractivity contribution in [3.63, 3.8) is 0 Å². The number of carbonyl (C=O) groups excluding carboxylic acids is 1. The molecule has 148 valence electrons. The predicted molar refractivity (Wildman–Crippen MR) is 101 cm³/mol. The van der Waals surface area contributed by atoms with E-state index in [1.165, 1.54) is 18.2 Å². The zero-order valence-corrected chi connectivity index (χ0v) is 15.4. The summed E-state index contributed by atoms with van der Waals surface area (Å²) in [6, 6.07) is 13.5. The van der Waals surface area contributed by atoms with Crippen LogP contribution in [0.15, 0.2) is 54.6 Å². The second-order valence-electron chi connectivity index (χ2n) is 6.16. The van der Waals surface area contributed by atoms with Gasteiger partial charge in [0, 0.05) is 12.6 Å². The molecule has 0 aliphatic carbocycles. The molecule has 0 bridgehead atoms. The molecule has 0 saturated heterocycles. The second-order valence-corrected chi connectivity index (χ2v) is 6.16.